The van der Waals surface area contributed by atoms with Crippen LogP contribution in [0.5, 0.6) is 0 Å². The zero-order valence-corrected chi connectivity index (χ0v) is 11.5. The van der Waals surface area contributed by atoms with Crippen LogP contribution in [0.25, 0.3) is 0 Å². The maximum atomic E-state index is 12.2. The minimum Gasteiger partial charge on any atom is -0.378 e. The fourth-order valence-corrected chi connectivity index (χ4v) is 2.47. The minimum atomic E-state index is 0.0743. The summed E-state index contributed by atoms with van der Waals surface area (Å²) < 4.78 is 7.40. The largest absolute Gasteiger partial charge is 0.378 e. The molecule has 1 fully saturated rings. The number of Topliss-reactive ketones (excluding diaryl/α,β-unsaturated/α-hetero) is 1. The third-order valence-corrected chi connectivity index (χ3v) is 3.58. The van der Waals surface area contributed by atoms with Gasteiger partial charge in [0.15, 0.2) is 0 Å². The van der Waals surface area contributed by atoms with Crippen molar-refractivity contribution in [1.29, 1.82) is 0 Å². The lowest BCUT2D eigenvalue weighted by Crippen LogP contribution is -2.19. The zero-order chi connectivity index (χ0) is 13.1. The molecule has 1 aromatic heterocycles. The van der Waals surface area contributed by atoms with Gasteiger partial charge in [-0.25, -0.2) is 0 Å². The molecule has 0 saturated carbocycles. The quantitative estimate of drug-likeness (QED) is 0.803. The van der Waals surface area contributed by atoms with E-state index in [-0.39, 0.29) is 17.8 Å². The highest BCUT2D eigenvalue weighted by Crippen LogP contribution is 2.21. The average molecular weight is 250 g/mol. The first-order valence-corrected chi connectivity index (χ1v) is 6.83. The Morgan fingerprint density at radius 2 is 2.33 bits per heavy atom. The van der Waals surface area contributed by atoms with Gasteiger partial charge < -0.3 is 4.74 Å². The van der Waals surface area contributed by atoms with Crippen LogP contribution in [-0.4, -0.2) is 28.3 Å². The summed E-state index contributed by atoms with van der Waals surface area (Å²) in [4.78, 5) is 12.2. The molecule has 0 aromatic carbocycles. The fourth-order valence-electron chi connectivity index (χ4n) is 2.47. The minimum absolute atomic E-state index is 0.0743. The van der Waals surface area contributed by atoms with Crippen molar-refractivity contribution < 1.29 is 9.53 Å². The molecule has 100 valence electrons. The van der Waals surface area contributed by atoms with Gasteiger partial charge in [0.05, 0.1) is 18.4 Å². The van der Waals surface area contributed by atoms with Crippen molar-refractivity contribution in [2.45, 2.75) is 52.7 Å². The number of hydrogen-bond donors (Lipinski definition) is 0. The van der Waals surface area contributed by atoms with Crippen molar-refractivity contribution in [3.05, 3.63) is 17.5 Å². The van der Waals surface area contributed by atoms with E-state index in [9.17, 15) is 4.79 Å². The number of ether oxygens (including phenoxy) is 1. The van der Waals surface area contributed by atoms with Crippen molar-refractivity contribution in [3.63, 3.8) is 0 Å². The molecule has 18 heavy (non-hydrogen) atoms. The van der Waals surface area contributed by atoms with E-state index in [4.69, 9.17) is 4.74 Å². The van der Waals surface area contributed by atoms with E-state index in [0.29, 0.717) is 13.0 Å². The molecule has 1 aliphatic heterocycles. The molecule has 0 radical (unpaired) electrons. The molecule has 4 heteroatoms. The summed E-state index contributed by atoms with van der Waals surface area (Å²) in [7, 11) is 0. The van der Waals surface area contributed by atoms with E-state index in [1.165, 1.54) is 0 Å². The van der Waals surface area contributed by atoms with Crippen LogP contribution in [0.4, 0.5) is 0 Å². The van der Waals surface area contributed by atoms with Gasteiger partial charge >= 0.3 is 0 Å². The number of aromatic nitrogens is 2. The van der Waals surface area contributed by atoms with E-state index in [0.717, 1.165) is 30.8 Å². The van der Waals surface area contributed by atoms with Crippen molar-refractivity contribution in [3.8, 4) is 0 Å². The summed E-state index contributed by atoms with van der Waals surface area (Å²) in [5, 5.41) is 4.47. The molecule has 2 unspecified atom stereocenters. The van der Waals surface area contributed by atoms with E-state index < -0.39 is 0 Å². The van der Waals surface area contributed by atoms with Gasteiger partial charge in [-0.3, -0.25) is 9.48 Å². The topological polar surface area (TPSA) is 44.1 Å². The van der Waals surface area contributed by atoms with Crippen molar-refractivity contribution in [2.24, 2.45) is 5.92 Å². The molecule has 2 atom stereocenters. The molecule has 1 saturated heterocycles. The summed E-state index contributed by atoms with van der Waals surface area (Å²) in [5.74, 6) is 0.363. The van der Waals surface area contributed by atoms with Gasteiger partial charge in [0.1, 0.15) is 5.78 Å². The highest BCUT2D eigenvalue weighted by molar-refractivity contribution is 5.83. The Kier molecular flexibility index (Phi) is 4.17. The molecule has 1 aliphatic rings. The molecule has 0 amide bonds. The third-order valence-electron chi connectivity index (χ3n) is 3.58. The zero-order valence-electron chi connectivity index (χ0n) is 11.5. The van der Waals surface area contributed by atoms with E-state index in [1.807, 2.05) is 11.6 Å². The smallest absolute Gasteiger partial charge is 0.144 e. The Morgan fingerprint density at radius 3 is 2.89 bits per heavy atom. The van der Waals surface area contributed by atoms with E-state index in [1.54, 1.807) is 0 Å². The molecule has 2 rings (SSSR count). The molecule has 1 aromatic rings. The monoisotopic (exact) mass is 250 g/mol. The SMILES string of the molecule is CCc1cc(CC(=O)C2COC(C)C2)n(CC)n1. The van der Waals surface area contributed by atoms with Crippen LogP contribution in [0.1, 0.15) is 38.6 Å². The van der Waals surface area contributed by atoms with Crippen LogP contribution in [0, 0.1) is 5.92 Å². The summed E-state index contributed by atoms with van der Waals surface area (Å²) in [6.45, 7) is 7.57. The molecule has 2 heterocycles. The first kappa shape index (κ1) is 13.3. The Bertz CT molecular complexity index is 425. The fraction of sp³-hybridized carbons (Fsp3) is 0.714. The summed E-state index contributed by atoms with van der Waals surface area (Å²) in [6, 6.07) is 2.06. The second kappa shape index (κ2) is 5.65. The maximum absolute atomic E-state index is 12.2. The van der Waals surface area contributed by atoms with Crippen LogP contribution in [-0.2, 0) is 28.9 Å². The van der Waals surface area contributed by atoms with E-state index >= 15 is 0 Å². The predicted molar refractivity (Wildman–Crippen MR) is 69.5 cm³/mol. The molecule has 0 N–H and O–H groups in total. The van der Waals surface area contributed by atoms with Gasteiger partial charge in [-0.15, -0.1) is 0 Å². The summed E-state index contributed by atoms with van der Waals surface area (Å²) in [5.41, 5.74) is 2.11. The van der Waals surface area contributed by atoms with Gasteiger partial charge in [-0.2, -0.15) is 5.10 Å². The Labute approximate surface area is 108 Å². The van der Waals surface area contributed by atoms with E-state index in [2.05, 4.69) is 25.0 Å². The van der Waals surface area contributed by atoms with Crippen LogP contribution in [0.2, 0.25) is 0 Å². The first-order chi connectivity index (χ1) is 8.63. The molecular formula is C14H22N2O2. The Hall–Kier alpha value is -1.16. The van der Waals surface area contributed by atoms with Crippen LogP contribution in [0.3, 0.4) is 0 Å². The van der Waals surface area contributed by atoms with Crippen LogP contribution in [0.15, 0.2) is 6.07 Å². The Morgan fingerprint density at radius 1 is 1.56 bits per heavy atom. The number of nitrogens with zero attached hydrogens (tertiary/aromatic N) is 2. The third kappa shape index (κ3) is 2.80. The molecule has 0 bridgehead atoms. The maximum Gasteiger partial charge on any atom is 0.144 e. The predicted octanol–water partition coefficient (Wildman–Crippen LogP) is 2.00. The average Bonchev–Trinajstić information content (AvgIpc) is 2.95. The number of aryl methyl sites for hydroxylation is 2. The van der Waals surface area contributed by atoms with Crippen molar-refractivity contribution in [2.75, 3.05) is 6.61 Å². The highest BCUT2D eigenvalue weighted by atomic mass is 16.5. The lowest BCUT2D eigenvalue weighted by Gasteiger charge is -2.07. The number of hydrogen-bond acceptors (Lipinski definition) is 3. The Balaban J connectivity index is 2.04. The summed E-state index contributed by atoms with van der Waals surface area (Å²) in [6.07, 6.45) is 2.49. The van der Waals surface area contributed by atoms with Crippen molar-refractivity contribution >= 4 is 5.78 Å². The van der Waals surface area contributed by atoms with Gasteiger partial charge in [-0.1, -0.05) is 6.92 Å². The van der Waals surface area contributed by atoms with Gasteiger partial charge in [-0.05, 0) is 32.8 Å². The number of carbonyl (C=O) groups excluding carboxylic acids is 1. The second-order valence-corrected chi connectivity index (χ2v) is 5.02. The number of carbonyl (C=O) groups is 1. The lowest BCUT2D eigenvalue weighted by atomic mass is 9.97. The van der Waals surface area contributed by atoms with Gasteiger partial charge in [0.2, 0.25) is 0 Å². The van der Waals surface area contributed by atoms with Gasteiger partial charge in [0, 0.05) is 24.6 Å². The number of ketones is 1. The molecular weight excluding hydrogens is 228 g/mol. The normalized spacial score (nSPS) is 23.5. The molecule has 0 spiro atoms. The molecule has 4 nitrogen and oxygen atoms in total. The van der Waals surface area contributed by atoms with Crippen LogP contribution < -0.4 is 0 Å². The number of rotatable bonds is 5. The molecule has 0 aliphatic carbocycles. The first-order valence-electron chi connectivity index (χ1n) is 6.83. The van der Waals surface area contributed by atoms with Crippen molar-refractivity contribution in [1.82, 2.24) is 9.78 Å². The lowest BCUT2D eigenvalue weighted by molar-refractivity contribution is -0.122. The van der Waals surface area contributed by atoms with Gasteiger partial charge in [0.25, 0.3) is 0 Å². The second-order valence-electron chi connectivity index (χ2n) is 5.02. The standard InChI is InChI=1S/C14H22N2O2/c1-4-12-7-13(16(5-2)15-12)8-14(17)11-6-10(3)18-9-11/h7,10-11H,4-6,8-9H2,1-3H3. The highest BCUT2D eigenvalue weighted by Gasteiger charge is 2.28. The summed E-state index contributed by atoms with van der Waals surface area (Å²) >= 11 is 0. The van der Waals surface area contributed by atoms with Crippen LogP contribution >= 0.6 is 0 Å².